The highest BCUT2D eigenvalue weighted by Gasteiger charge is 2.51. The maximum atomic E-state index is 12.4. The molecule has 14 atom stereocenters. The molecule has 0 spiro atoms. The van der Waals surface area contributed by atoms with Crippen molar-refractivity contribution in [1.82, 2.24) is 0 Å². The van der Waals surface area contributed by atoms with Gasteiger partial charge in [-0.1, -0.05) is 12.1 Å². The lowest BCUT2D eigenvalue weighted by Gasteiger charge is -2.45. The van der Waals surface area contributed by atoms with Gasteiger partial charge < -0.3 is 98.9 Å². The molecule has 22 heteroatoms. The maximum absolute atomic E-state index is 12.4. The van der Waals surface area contributed by atoms with E-state index in [9.17, 15) is 70.9 Å². The largest absolute Gasteiger partial charge is 0.508 e. The number of aliphatic hydroxyl groups is 8. The number of phenols is 4. The van der Waals surface area contributed by atoms with Crippen molar-refractivity contribution in [1.29, 1.82) is 0 Å². The van der Waals surface area contributed by atoms with Gasteiger partial charge in [-0.05, 0) is 48.0 Å². The Bertz CT molecular complexity index is 2260. The molecule has 0 radical (unpaired) electrons. The molecule has 63 heavy (non-hydrogen) atoms. The van der Waals surface area contributed by atoms with E-state index in [1.54, 1.807) is 0 Å². The standard InChI is InChI=1S/C41H44O22/c42-18-5-1-16(2-6-18)3-8-29(48)56-14-27-31(50)33(52)36(55)39(61-27)58-15-28-32(51)34(53)38(63-40-35(54)30(49)24(47)13-57-40)41(62-28)60-26-12-20-22(45)10-19(43)11-25(20)59-37(26)17-4-7-21(44)23(46)9-17/h1-12,24,27-28,30-36,38-42,44-47,49-55H,13-15H2/b8-3+/t24-,27-,28-,30+,31-,32-,33+,34+,35-,36-,38-,39-,40+,41+/m1/s1. The van der Waals surface area contributed by atoms with Gasteiger partial charge in [0.1, 0.15) is 84.9 Å². The zero-order chi connectivity index (χ0) is 45.3. The van der Waals surface area contributed by atoms with Gasteiger partial charge in [0.05, 0.1) is 18.8 Å². The number of rotatable bonds is 12. The monoisotopic (exact) mass is 888 g/mol. The lowest BCUT2D eigenvalue weighted by molar-refractivity contribution is -0.353. The topological polar surface area (TPSA) is 355 Å². The van der Waals surface area contributed by atoms with Crippen molar-refractivity contribution in [3.8, 4) is 51.4 Å². The molecule has 0 saturated carbocycles. The average molecular weight is 889 g/mol. The van der Waals surface area contributed by atoms with Crippen molar-refractivity contribution in [2.75, 3.05) is 19.8 Å². The average Bonchev–Trinajstić information content (AvgIpc) is 3.25. The maximum Gasteiger partial charge on any atom is 0.330 e. The van der Waals surface area contributed by atoms with Gasteiger partial charge in [-0.2, -0.15) is 0 Å². The zero-order valence-electron chi connectivity index (χ0n) is 32.6. The molecule has 4 heterocycles. The van der Waals surface area contributed by atoms with Crippen LogP contribution in [0.1, 0.15) is 5.56 Å². The second-order valence-electron chi connectivity index (χ2n) is 14.9. The molecule has 3 saturated heterocycles. The molecular weight excluding hydrogens is 844 g/mol. The van der Waals surface area contributed by atoms with Gasteiger partial charge in [0.15, 0.2) is 47.1 Å². The molecule has 7 rings (SSSR count). The highest BCUT2D eigenvalue weighted by atomic mass is 16.8. The van der Waals surface area contributed by atoms with Crippen LogP contribution in [0.4, 0.5) is 0 Å². The van der Waals surface area contributed by atoms with Crippen molar-refractivity contribution in [2.45, 2.75) is 86.0 Å². The highest BCUT2D eigenvalue weighted by Crippen LogP contribution is 2.43. The number of fused-ring (bicyclic) bond motifs is 1. The smallest absolute Gasteiger partial charge is 0.330 e. The fourth-order valence-corrected chi connectivity index (χ4v) is 6.93. The summed E-state index contributed by atoms with van der Waals surface area (Å²) in [6, 6.07) is 12.5. The van der Waals surface area contributed by atoms with Crippen molar-refractivity contribution in [2.24, 2.45) is 0 Å². The first-order valence-corrected chi connectivity index (χ1v) is 19.3. The molecule has 1 aliphatic carbocycles. The van der Waals surface area contributed by atoms with E-state index >= 15 is 0 Å². The van der Waals surface area contributed by atoms with Crippen LogP contribution in [-0.2, 0) is 33.2 Å². The van der Waals surface area contributed by atoms with Gasteiger partial charge in [-0.3, -0.25) is 4.79 Å². The van der Waals surface area contributed by atoms with Crippen LogP contribution >= 0.6 is 0 Å². The minimum Gasteiger partial charge on any atom is -0.508 e. The van der Waals surface area contributed by atoms with Crippen LogP contribution < -0.4 is 10.2 Å². The summed E-state index contributed by atoms with van der Waals surface area (Å²) in [6.45, 7) is -1.93. The summed E-state index contributed by atoms with van der Waals surface area (Å²) in [5, 5.41) is 126. The number of hydrogen-bond donors (Lipinski definition) is 12. The number of aliphatic hydroxyl groups excluding tert-OH is 8. The van der Waals surface area contributed by atoms with Crippen molar-refractivity contribution < 1.29 is 104 Å². The number of esters is 1. The molecule has 2 aromatic carbocycles. The second-order valence-corrected chi connectivity index (χ2v) is 14.9. The third kappa shape index (κ3) is 10.0. The molecule has 22 nitrogen and oxygen atoms in total. The first-order chi connectivity index (χ1) is 30.0. The first kappa shape index (κ1) is 45.6. The van der Waals surface area contributed by atoms with E-state index in [4.69, 9.17) is 37.6 Å². The Morgan fingerprint density at radius 2 is 1.37 bits per heavy atom. The number of carbonyl (C=O) groups is 1. The lowest BCUT2D eigenvalue weighted by Crippen LogP contribution is -2.64. The third-order valence-corrected chi connectivity index (χ3v) is 10.5. The SMILES string of the molecule is O=C(/C=C/c1ccc(O)cc1)OC[C@H]1O[C@@H](OC[C@H]2O[C@H](Oc3cc4c(O)cc(=O)cc-4oc3-c3ccc(O)c(O)c3)[C@H](O[C@@H]3OC[C@@H](O)[C@H](O)[C@H]3O)[C@@H](O)[C@@H]2O)[C@H](O)[C@@H](O)[C@@H]1O. The molecule has 0 aromatic heterocycles. The number of ether oxygens (including phenoxy) is 7. The minimum absolute atomic E-state index is 0.0146. The van der Waals surface area contributed by atoms with E-state index in [1.807, 2.05) is 0 Å². The summed E-state index contributed by atoms with van der Waals surface area (Å²) in [6.07, 6.45) is -22.7. The molecule has 4 aliphatic heterocycles. The van der Waals surface area contributed by atoms with Gasteiger partial charge >= 0.3 is 5.97 Å². The van der Waals surface area contributed by atoms with Crippen molar-refractivity contribution in [3.63, 3.8) is 0 Å². The predicted molar refractivity (Wildman–Crippen MR) is 207 cm³/mol. The van der Waals surface area contributed by atoms with E-state index < -0.39 is 134 Å². The predicted octanol–water partition coefficient (Wildman–Crippen LogP) is -2.04. The van der Waals surface area contributed by atoms with Crippen LogP contribution in [0.5, 0.6) is 28.7 Å². The second kappa shape index (κ2) is 19.1. The van der Waals surface area contributed by atoms with Crippen LogP contribution in [-0.4, -0.2) is 173 Å². The summed E-state index contributed by atoms with van der Waals surface area (Å²) >= 11 is 0. The molecule has 2 aromatic rings. The summed E-state index contributed by atoms with van der Waals surface area (Å²) in [4.78, 5) is 24.7. The van der Waals surface area contributed by atoms with E-state index in [1.165, 1.54) is 42.5 Å². The number of aromatic hydroxyl groups is 4. The van der Waals surface area contributed by atoms with Gasteiger partial charge in [-0.15, -0.1) is 0 Å². The van der Waals surface area contributed by atoms with Crippen molar-refractivity contribution >= 4 is 12.0 Å². The molecule has 5 aliphatic rings. The Balaban J connectivity index is 1.13. The van der Waals surface area contributed by atoms with Gasteiger partial charge in [0, 0.05) is 23.8 Å². The number of hydrogen-bond acceptors (Lipinski definition) is 22. The number of phenolic OH excluding ortho intramolecular Hbond substituents is 4. The van der Waals surface area contributed by atoms with Crippen LogP contribution in [0.15, 0.2) is 76.0 Å². The number of benzene rings is 3. The summed E-state index contributed by atoms with van der Waals surface area (Å²) in [5.74, 6) is -3.26. The van der Waals surface area contributed by atoms with E-state index in [0.29, 0.717) is 5.56 Å². The van der Waals surface area contributed by atoms with Crippen LogP contribution in [0.3, 0.4) is 0 Å². The Morgan fingerprint density at radius 3 is 2.10 bits per heavy atom. The Labute approximate surface area is 355 Å². The van der Waals surface area contributed by atoms with Crippen LogP contribution in [0, 0.1) is 0 Å². The highest BCUT2D eigenvalue weighted by molar-refractivity contribution is 5.87. The quantitative estimate of drug-likeness (QED) is 0.0414. The Kier molecular flexibility index (Phi) is 13.8. The molecule has 12 N–H and O–H groups in total. The van der Waals surface area contributed by atoms with E-state index in [0.717, 1.165) is 30.3 Å². The first-order valence-electron chi connectivity index (χ1n) is 19.3. The van der Waals surface area contributed by atoms with Crippen LogP contribution in [0.2, 0.25) is 0 Å². The molecule has 0 amide bonds. The van der Waals surface area contributed by atoms with Gasteiger partial charge in [-0.25, -0.2) is 4.79 Å². The molecular formula is C41H44O22. The Hall–Kier alpha value is -5.44. The minimum atomic E-state index is -2.03. The third-order valence-electron chi connectivity index (χ3n) is 10.5. The van der Waals surface area contributed by atoms with Crippen molar-refractivity contribution in [3.05, 3.63) is 82.5 Å². The Morgan fingerprint density at radius 1 is 0.683 bits per heavy atom. The fraction of sp³-hybridized carbons (Fsp3) is 0.415. The molecule has 0 unspecified atom stereocenters. The summed E-state index contributed by atoms with van der Waals surface area (Å²) < 4.78 is 45.8. The van der Waals surface area contributed by atoms with Gasteiger partial charge in [0.25, 0.3) is 0 Å². The fourth-order valence-electron chi connectivity index (χ4n) is 6.93. The van der Waals surface area contributed by atoms with E-state index in [2.05, 4.69) is 0 Å². The lowest BCUT2D eigenvalue weighted by atomic mass is 9.97. The zero-order valence-corrected chi connectivity index (χ0v) is 32.6. The molecule has 340 valence electrons. The molecule has 0 bridgehead atoms. The van der Waals surface area contributed by atoms with E-state index in [-0.39, 0.29) is 34.1 Å². The van der Waals surface area contributed by atoms with Gasteiger partial charge in [0.2, 0.25) is 6.29 Å². The summed E-state index contributed by atoms with van der Waals surface area (Å²) in [5.41, 5.74) is -0.130. The molecule has 3 fully saturated rings. The summed E-state index contributed by atoms with van der Waals surface area (Å²) in [7, 11) is 0. The normalized spacial score (nSPS) is 32.4. The number of carbonyl (C=O) groups excluding carboxylic acids is 1. The van der Waals surface area contributed by atoms with Crippen LogP contribution in [0.25, 0.3) is 28.7 Å².